The van der Waals surface area contributed by atoms with Gasteiger partial charge in [0.25, 0.3) is 0 Å². The molecule has 0 aliphatic heterocycles. The van der Waals surface area contributed by atoms with Crippen molar-refractivity contribution < 1.29 is 4.74 Å². The van der Waals surface area contributed by atoms with Crippen molar-refractivity contribution in [1.82, 2.24) is 15.0 Å². The first kappa shape index (κ1) is 14.5. The number of nitrogens with zero attached hydrogens (tertiary/aromatic N) is 3. The topological polar surface area (TPSA) is 47.9 Å². The van der Waals surface area contributed by atoms with Crippen molar-refractivity contribution in [2.75, 3.05) is 0 Å². The molecule has 3 aromatic rings. The summed E-state index contributed by atoms with van der Waals surface area (Å²) >= 11 is 6.20. The van der Waals surface area contributed by atoms with Crippen LogP contribution in [-0.2, 0) is 6.61 Å². The number of ether oxygens (including phenoxy) is 1. The summed E-state index contributed by atoms with van der Waals surface area (Å²) in [5.74, 6) is 1.02. The van der Waals surface area contributed by atoms with Crippen molar-refractivity contribution in [3.8, 4) is 17.3 Å². The number of hydrogen-bond donors (Lipinski definition) is 0. The molecule has 0 spiro atoms. The van der Waals surface area contributed by atoms with Crippen molar-refractivity contribution in [3.05, 3.63) is 71.1 Å². The van der Waals surface area contributed by atoms with Crippen LogP contribution >= 0.6 is 11.6 Å². The van der Waals surface area contributed by atoms with E-state index in [2.05, 4.69) is 15.0 Å². The number of pyridine rings is 1. The van der Waals surface area contributed by atoms with Gasteiger partial charge in [0, 0.05) is 23.5 Å². The van der Waals surface area contributed by atoms with E-state index in [1.165, 1.54) is 0 Å². The van der Waals surface area contributed by atoms with E-state index in [4.69, 9.17) is 16.3 Å². The van der Waals surface area contributed by atoms with Crippen molar-refractivity contribution in [1.29, 1.82) is 0 Å². The third-order valence-electron chi connectivity index (χ3n) is 3.20. The fourth-order valence-electron chi connectivity index (χ4n) is 1.97. The molecule has 4 nitrogen and oxygen atoms in total. The molecule has 3 rings (SSSR count). The van der Waals surface area contributed by atoms with Gasteiger partial charge in [0.05, 0.1) is 0 Å². The van der Waals surface area contributed by atoms with E-state index >= 15 is 0 Å². The fourth-order valence-corrected chi connectivity index (χ4v) is 2.13. The van der Waals surface area contributed by atoms with Crippen LogP contribution in [0.4, 0.5) is 0 Å². The maximum Gasteiger partial charge on any atom is 0.221 e. The molecule has 1 aromatic carbocycles. The molecule has 0 bridgehead atoms. The molecule has 0 aliphatic rings. The zero-order chi connectivity index (χ0) is 15.4. The Morgan fingerprint density at radius 1 is 1.00 bits per heavy atom. The van der Waals surface area contributed by atoms with Crippen LogP contribution < -0.4 is 4.74 Å². The monoisotopic (exact) mass is 311 g/mol. The molecular formula is C17H14ClN3O. The van der Waals surface area contributed by atoms with Crippen molar-refractivity contribution in [2.45, 2.75) is 13.5 Å². The average Bonchev–Trinajstić information content (AvgIpc) is 2.58. The Morgan fingerprint density at radius 2 is 1.73 bits per heavy atom. The summed E-state index contributed by atoms with van der Waals surface area (Å²) in [7, 11) is 0. The highest BCUT2D eigenvalue weighted by Gasteiger charge is 2.12. The van der Waals surface area contributed by atoms with E-state index in [1.807, 2.05) is 49.4 Å². The van der Waals surface area contributed by atoms with Gasteiger partial charge in [0.2, 0.25) is 5.88 Å². The largest absolute Gasteiger partial charge is 0.472 e. The van der Waals surface area contributed by atoms with Crippen LogP contribution in [0.15, 0.2) is 54.9 Å². The lowest BCUT2D eigenvalue weighted by atomic mass is 10.2. The van der Waals surface area contributed by atoms with Gasteiger partial charge < -0.3 is 4.74 Å². The highest BCUT2D eigenvalue weighted by atomic mass is 35.5. The van der Waals surface area contributed by atoms with Crippen LogP contribution in [-0.4, -0.2) is 15.0 Å². The van der Waals surface area contributed by atoms with E-state index < -0.39 is 0 Å². The zero-order valence-electron chi connectivity index (χ0n) is 12.0. The zero-order valence-corrected chi connectivity index (χ0v) is 12.8. The Kier molecular flexibility index (Phi) is 4.30. The third kappa shape index (κ3) is 3.23. The summed E-state index contributed by atoms with van der Waals surface area (Å²) < 4.78 is 5.81. The second-order valence-electron chi connectivity index (χ2n) is 4.78. The minimum absolute atomic E-state index is 0.393. The lowest BCUT2D eigenvalue weighted by Gasteiger charge is -2.11. The van der Waals surface area contributed by atoms with Crippen LogP contribution in [0.25, 0.3) is 11.4 Å². The van der Waals surface area contributed by atoms with Crippen LogP contribution in [0, 0.1) is 6.92 Å². The minimum Gasteiger partial charge on any atom is -0.472 e. The summed E-state index contributed by atoms with van der Waals surface area (Å²) in [6, 6.07) is 13.6. The summed E-state index contributed by atoms with van der Waals surface area (Å²) in [4.78, 5) is 12.8. The van der Waals surface area contributed by atoms with Gasteiger partial charge in [0.1, 0.15) is 11.8 Å². The van der Waals surface area contributed by atoms with E-state index in [0.29, 0.717) is 23.5 Å². The molecule has 0 atom stereocenters. The van der Waals surface area contributed by atoms with Gasteiger partial charge in [-0.05, 0) is 24.6 Å². The van der Waals surface area contributed by atoms with Gasteiger partial charge in [-0.1, -0.05) is 41.9 Å². The molecule has 0 saturated carbocycles. The summed E-state index contributed by atoms with van der Waals surface area (Å²) in [6.07, 6.45) is 3.38. The number of benzene rings is 1. The molecule has 2 aromatic heterocycles. The fraction of sp³-hybridized carbons (Fsp3) is 0.118. The van der Waals surface area contributed by atoms with Crippen LogP contribution in [0.3, 0.4) is 0 Å². The predicted molar refractivity (Wildman–Crippen MR) is 85.8 cm³/mol. The number of rotatable bonds is 4. The lowest BCUT2D eigenvalue weighted by Crippen LogP contribution is -2.02. The van der Waals surface area contributed by atoms with Gasteiger partial charge in [-0.2, -0.15) is 4.98 Å². The molecule has 5 heteroatoms. The molecular weight excluding hydrogens is 298 g/mol. The molecule has 0 fully saturated rings. The van der Waals surface area contributed by atoms with Gasteiger partial charge in [-0.3, -0.25) is 4.98 Å². The number of aromatic nitrogens is 3. The average molecular weight is 312 g/mol. The first-order valence-electron chi connectivity index (χ1n) is 6.85. The van der Waals surface area contributed by atoms with Crippen LogP contribution in [0.2, 0.25) is 5.15 Å². The predicted octanol–water partition coefficient (Wildman–Crippen LogP) is 4.08. The third-order valence-corrected chi connectivity index (χ3v) is 3.57. The Morgan fingerprint density at radius 3 is 2.45 bits per heavy atom. The first-order valence-corrected chi connectivity index (χ1v) is 7.23. The summed E-state index contributed by atoms with van der Waals surface area (Å²) in [5.41, 5.74) is 2.65. The van der Waals surface area contributed by atoms with E-state index in [9.17, 15) is 0 Å². The molecule has 110 valence electrons. The van der Waals surface area contributed by atoms with E-state index in [0.717, 1.165) is 16.7 Å². The Labute approximate surface area is 133 Å². The second kappa shape index (κ2) is 6.54. The Balaban J connectivity index is 1.89. The van der Waals surface area contributed by atoms with Crippen molar-refractivity contribution >= 4 is 11.6 Å². The minimum atomic E-state index is 0.393. The van der Waals surface area contributed by atoms with Crippen LogP contribution in [0.1, 0.15) is 11.1 Å². The SMILES string of the molecule is Cc1c(Cl)nc(-c2ccncc2)nc1OCc1ccccc1. The lowest BCUT2D eigenvalue weighted by molar-refractivity contribution is 0.291. The normalized spacial score (nSPS) is 10.5. The Bertz CT molecular complexity index is 764. The highest BCUT2D eigenvalue weighted by Crippen LogP contribution is 2.26. The maximum absolute atomic E-state index is 6.20. The molecule has 0 radical (unpaired) electrons. The van der Waals surface area contributed by atoms with E-state index in [-0.39, 0.29) is 0 Å². The van der Waals surface area contributed by atoms with Gasteiger partial charge in [0.15, 0.2) is 5.82 Å². The Hall–Kier alpha value is -2.46. The quantitative estimate of drug-likeness (QED) is 0.681. The van der Waals surface area contributed by atoms with E-state index in [1.54, 1.807) is 12.4 Å². The smallest absolute Gasteiger partial charge is 0.221 e. The van der Waals surface area contributed by atoms with Gasteiger partial charge in [-0.15, -0.1) is 0 Å². The highest BCUT2D eigenvalue weighted by molar-refractivity contribution is 6.30. The molecule has 0 saturated heterocycles. The van der Waals surface area contributed by atoms with Crippen LogP contribution in [0.5, 0.6) is 5.88 Å². The molecule has 22 heavy (non-hydrogen) atoms. The number of halogens is 1. The van der Waals surface area contributed by atoms with Gasteiger partial charge >= 0.3 is 0 Å². The first-order chi connectivity index (χ1) is 10.7. The van der Waals surface area contributed by atoms with Gasteiger partial charge in [-0.25, -0.2) is 4.98 Å². The number of hydrogen-bond acceptors (Lipinski definition) is 4. The standard InChI is InChI=1S/C17H14ClN3O/c1-12-15(18)20-16(14-7-9-19-10-8-14)21-17(12)22-11-13-5-3-2-4-6-13/h2-10H,11H2,1H3. The summed E-state index contributed by atoms with van der Waals surface area (Å²) in [6.45, 7) is 2.28. The molecule has 0 unspecified atom stereocenters. The van der Waals surface area contributed by atoms with Crippen molar-refractivity contribution in [2.24, 2.45) is 0 Å². The maximum atomic E-state index is 6.20. The van der Waals surface area contributed by atoms with Crippen molar-refractivity contribution in [3.63, 3.8) is 0 Å². The second-order valence-corrected chi connectivity index (χ2v) is 5.14. The molecule has 2 heterocycles. The molecule has 0 amide bonds. The summed E-state index contributed by atoms with van der Waals surface area (Å²) in [5, 5.41) is 0.393. The molecule has 0 N–H and O–H groups in total. The molecule has 0 aliphatic carbocycles.